The van der Waals surface area contributed by atoms with Gasteiger partial charge in [0.05, 0.1) is 19.3 Å². The van der Waals surface area contributed by atoms with Gasteiger partial charge in [0.25, 0.3) is 0 Å². The van der Waals surface area contributed by atoms with E-state index in [9.17, 15) is 4.79 Å². The lowest BCUT2D eigenvalue weighted by molar-refractivity contribution is -0.286. The molecule has 0 bridgehead atoms. The van der Waals surface area contributed by atoms with Crippen LogP contribution in [-0.2, 0) is 14.2 Å². The lowest BCUT2D eigenvalue weighted by Gasteiger charge is -2.41. The summed E-state index contributed by atoms with van der Waals surface area (Å²) in [6, 6.07) is 0. The number of ether oxygens (including phenoxy) is 3. The van der Waals surface area contributed by atoms with E-state index in [0.717, 1.165) is 18.6 Å². The maximum Gasteiger partial charge on any atom is 0.407 e. The predicted molar refractivity (Wildman–Crippen MR) is 81.0 cm³/mol. The SMILES string of the molecule is CCCCOC(=O)NC[C@@H]1COC(C)(C)O[C@H]1CSC. The number of hydrogen-bond donors (Lipinski definition) is 1. The molecule has 0 aliphatic carbocycles. The lowest BCUT2D eigenvalue weighted by Crippen LogP contribution is -2.50. The molecular formula is C14H27NO4S. The van der Waals surface area contributed by atoms with Gasteiger partial charge in [-0.05, 0) is 26.5 Å². The van der Waals surface area contributed by atoms with Crippen LogP contribution < -0.4 is 5.32 Å². The van der Waals surface area contributed by atoms with Crippen molar-refractivity contribution in [3.63, 3.8) is 0 Å². The minimum Gasteiger partial charge on any atom is -0.450 e. The van der Waals surface area contributed by atoms with E-state index < -0.39 is 5.79 Å². The van der Waals surface area contributed by atoms with Crippen LogP contribution in [0.1, 0.15) is 33.6 Å². The summed E-state index contributed by atoms with van der Waals surface area (Å²) in [5.41, 5.74) is 0. The molecule has 0 aromatic heterocycles. The molecule has 1 saturated heterocycles. The maximum atomic E-state index is 11.5. The number of rotatable bonds is 7. The predicted octanol–water partition coefficient (Wildman–Crippen LogP) is 2.64. The molecule has 2 atom stereocenters. The number of carbonyl (C=O) groups is 1. The summed E-state index contributed by atoms with van der Waals surface area (Å²) < 4.78 is 16.7. The van der Waals surface area contributed by atoms with E-state index in [1.165, 1.54) is 0 Å². The van der Waals surface area contributed by atoms with E-state index in [1.54, 1.807) is 11.8 Å². The summed E-state index contributed by atoms with van der Waals surface area (Å²) >= 11 is 1.74. The standard InChI is InChI=1S/C14H27NO4S/c1-5-6-7-17-13(16)15-8-11-9-18-14(2,3)19-12(11)10-20-4/h11-12H,5-10H2,1-4H3,(H,15,16)/t11-,12+/m1/s1. The molecule has 0 spiro atoms. The Hall–Kier alpha value is -0.460. The quantitative estimate of drug-likeness (QED) is 0.733. The van der Waals surface area contributed by atoms with Crippen molar-refractivity contribution in [2.75, 3.05) is 31.8 Å². The summed E-state index contributed by atoms with van der Waals surface area (Å²) in [4.78, 5) is 11.5. The van der Waals surface area contributed by atoms with E-state index in [1.807, 2.05) is 13.8 Å². The topological polar surface area (TPSA) is 56.8 Å². The van der Waals surface area contributed by atoms with Crippen LogP contribution in [0.3, 0.4) is 0 Å². The van der Waals surface area contributed by atoms with Crippen LogP contribution in [0.4, 0.5) is 4.79 Å². The van der Waals surface area contributed by atoms with E-state index in [-0.39, 0.29) is 18.1 Å². The van der Waals surface area contributed by atoms with Gasteiger partial charge < -0.3 is 19.5 Å². The fraction of sp³-hybridized carbons (Fsp3) is 0.929. The Bertz CT molecular complexity index is 299. The van der Waals surface area contributed by atoms with Crippen LogP contribution in [0, 0.1) is 5.92 Å². The molecule has 1 heterocycles. The van der Waals surface area contributed by atoms with Crippen molar-refractivity contribution < 1.29 is 19.0 Å². The Morgan fingerprint density at radius 3 is 2.90 bits per heavy atom. The average molecular weight is 305 g/mol. The first-order valence-corrected chi connectivity index (χ1v) is 8.59. The molecule has 0 aromatic rings. The molecule has 1 rings (SSSR count). The third-order valence-electron chi connectivity index (χ3n) is 3.18. The van der Waals surface area contributed by atoms with E-state index in [2.05, 4.69) is 18.5 Å². The fourth-order valence-corrected chi connectivity index (χ4v) is 2.68. The van der Waals surface area contributed by atoms with Crippen LogP contribution >= 0.6 is 11.8 Å². The van der Waals surface area contributed by atoms with Gasteiger partial charge in [-0.1, -0.05) is 13.3 Å². The second-order valence-corrected chi connectivity index (χ2v) is 6.36. The highest BCUT2D eigenvalue weighted by Crippen LogP contribution is 2.27. The first-order valence-electron chi connectivity index (χ1n) is 7.20. The molecule has 1 fully saturated rings. The number of amides is 1. The Balaban J connectivity index is 2.35. The molecule has 118 valence electrons. The number of hydrogen-bond acceptors (Lipinski definition) is 5. The molecule has 6 heteroatoms. The molecule has 0 unspecified atom stereocenters. The van der Waals surface area contributed by atoms with Crippen LogP contribution in [0.5, 0.6) is 0 Å². The van der Waals surface area contributed by atoms with Crippen LogP contribution in [0.25, 0.3) is 0 Å². The molecule has 1 N–H and O–H groups in total. The smallest absolute Gasteiger partial charge is 0.407 e. The number of alkyl carbamates (subject to hydrolysis) is 1. The normalized spacial score (nSPS) is 25.2. The van der Waals surface area contributed by atoms with Crippen LogP contribution in [-0.4, -0.2) is 49.8 Å². The zero-order chi connectivity index (χ0) is 15.0. The van der Waals surface area contributed by atoms with Crippen molar-refractivity contribution in [3.8, 4) is 0 Å². The number of unbranched alkanes of at least 4 members (excludes halogenated alkanes) is 1. The minimum absolute atomic E-state index is 0.0877. The van der Waals surface area contributed by atoms with E-state index in [4.69, 9.17) is 14.2 Å². The molecule has 1 aliphatic heterocycles. The highest BCUT2D eigenvalue weighted by atomic mass is 32.2. The second kappa shape index (κ2) is 8.74. The van der Waals surface area contributed by atoms with Gasteiger partial charge in [0.1, 0.15) is 0 Å². The van der Waals surface area contributed by atoms with Gasteiger partial charge >= 0.3 is 6.09 Å². The van der Waals surface area contributed by atoms with Gasteiger partial charge in [0, 0.05) is 18.2 Å². The summed E-state index contributed by atoms with van der Waals surface area (Å²) in [7, 11) is 0. The van der Waals surface area contributed by atoms with Gasteiger partial charge in [0.15, 0.2) is 5.79 Å². The van der Waals surface area contributed by atoms with Crippen molar-refractivity contribution in [1.82, 2.24) is 5.32 Å². The molecule has 5 nitrogen and oxygen atoms in total. The Morgan fingerprint density at radius 1 is 1.50 bits per heavy atom. The van der Waals surface area contributed by atoms with Gasteiger partial charge in [-0.3, -0.25) is 0 Å². The lowest BCUT2D eigenvalue weighted by atomic mass is 10.0. The highest BCUT2D eigenvalue weighted by Gasteiger charge is 2.36. The van der Waals surface area contributed by atoms with Crippen LogP contribution in [0.15, 0.2) is 0 Å². The summed E-state index contributed by atoms with van der Waals surface area (Å²) in [5.74, 6) is 0.511. The molecule has 0 radical (unpaired) electrons. The number of thioether (sulfide) groups is 1. The first kappa shape index (κ1) is 17.6. The summed E-state index contributed by atoms with van der Waals surface area (Å²) in [5, 5.41) is 2.80. The number of carbonyl (C=O) groups excluding carboxylic acids is 1. The summed E-state index contributed by atoms with van der Waals surface area (Å²) in [6.45, 7) is 7.49. The van der Waals surface area contributed by atoms with Gasteiger partial charge in [-0.15, -0.1) is 0 Å². The van der Waals surface area contributed by atoms with Gasteiger partial charge in [-0.25, -0.2) is 4.79 Å². The van der Waals surface area contributed by atoms with Crippen molar-refractivity contribution in [1.29, 1.82) is 0 Å². The largest absolute Gasteiger partial charge is 0.450 e. The van der Waals surface area contributed by atoms with Gasteiger partial charge in [0.2, 0.25) is 0 Å². The second-order valence-electron chi connectivity index (χ2n) is 5.45. The van der Waals surface area contributed by atoms with Crippen molar-refractivity contribution >= 4 is 17.9 Å². The molecular weight excluding hydrogens is 278 g/mol. The third-order valence-corrected chi connectivity index (χ3v) is 3.84. The molecule has 0 aromatic carbocycles. The van der Waals surface area contributed by atoms with Crippen molar-refractivity contribution in [3.05, 3.63) is 0 Å². The zero-order valence-electron chi connectivity index (χ0n) is 12.9. The van der Waals surface area contributed by atoms with E-state index >= 15 is 0 Å². The Kier molecular flexibility index (Phi) is 7.69. The fourth-order valence-electron chi connectivity index (χ4n) is 2.01. The van der Waals surface area contributed by atoms with E-state index in [0.29, 0.717) is 19.8 Å². The molecule has 0 saturated carbocycles. The highest BCUT2D eigenvalue weighted by molar-refractivity contribution is 7.98. The Labute approximate surface area is 126 Å². The minimum atomic E-state index is -0.543. The van der Waals surface area contributed by atoms with Gasteiger partial charge in [-0.2, -0.15) is 11.8 Å². The average Bonchev–Trinajstić information content (AvgIpc) is 2.38. The monoisotopic (exact) mass is 305 g/mol. The van der Waals surface area contributed by atoms with Crippen molar-refractivity contribution in [2.24, 2.45) is 5.92 Å². The molecule has 20 heavy (non-hydrogen) atoms. The Morgan fingerprint density at radius 2 is 2.25 bits per heavy atom. The summed E-state index contributed by atoms with van der Waals surface area (Å²) in [6.07, 6.45) is 3.69. The molecule has 1 amide bonds. The molecule has 1 aliphatic rings. The zero-order valence-corrected chi connectivity index (χ0v) is 13.8. The first-order chi connectivity index (χ1) is 9.48. The maximum absolute atomic E-state index is 11.5. The number of nitrogens with one attached hydrogen (secondary N) is 1. The van der Waals surface area contributed by atoms with Crippen molar-refractivity contribution in [2.45, 2.75) is 45.5 Å². The van der Waals surface area contributed by atoms with Crippen LogP contribution in [0.2, 0.25) is 0 Å². The third kappa shape index (κ3) is 6.33.